The number of amides is 2. The van der Waals surface area contributed by atoms with Crippen LogP contribution in [-0.4, -0.2) is 45.8 Å². The highest BCUT2D eigenvalue weighted by Crippen LogP contribution is 2.20. The topological polar surface area (TPSA) is 78.1 Å². The second kappa shape index (κ2) is 14.1. The third-order valence-electron chi connectivity index (χ3n) is 6.20. The van der Waals surface area contributed by atoms with Crippen molar-refractivity contribution in [2.24, 2.45) is 0 Å². The van der Waals surface area contributed by atoms with Gasteiger partial charge in [-0.1, -0.05) is 63.8 Å². The van der Waals surface area contributed by atoms with Gasteiger partial charge in [0, 0.05) is 55.1 Å². The van der Waals surface area contributed by atoms with E-state index in [9.17, 15) is 9.59 Å². The van der Waals surface area contributed by atoms with Crippen LogP contribution >= 0.6 is 0 Å². The first-order valence-corrected chi connectivity index (χ1v) is 12.8. The molecule has 0 unspecified atom stereocenters. The highest BCUT2D eigenvalue weighted by Gasteiger charge is 2.26. The third kappa shape index (κ3) is 8.09. The van der Waals surface area contributed by atoms with Crippen LogP contribution < -0.4 is 5.32 Å². The van der Waals surface area contributed by atoms with E-state index in [4.69, 9.17) is 0 Å². The first-order chi connectivity index (χ1) is 17.1. The predicted octanol–water partition coefficient (Wildman–Crippen LogP) is 5.51. The molecule has 186 valence electrons. The van der Waals surface area contributed by atoms with Crippen molar-refractivity contribution in [3.63, 3.8) is 0 Å². The first-order valence-electron chi connectivity index (χ1n) is 12.8. The molecule has 0 bridgehead atoms. The van der Waals surface area contributed by atoms with E-state index in [1.807, 2.05) is 47.5 Å². The van der Waals surface area contributed by atoms with E-state index in [-0.39, 0.29) is 11.8 Å². The van der Waals surface area contributed by atoms with E-state index in [2.05, 4.69) is 29.1 Å². The highest BCUT2D eigenvalue weighted by atomic mass is 16.2. The summed E-state index contributed by atoms with van der Waals surface area (Å²) < 4.78 is 0. The number of rotatable bonds is 14. The molecule has 6 heteroatoms. The fraction of sp³-hybridized carbons (Fsp3) is 0.414. The van der Waals surface area contributed by atoms with Gasteiger partial charge in [-0.05, 0) is 42.2 Å². The summed E-state index contributed by atoms with van der Waals surface area (Å²) >= 11 is 0. The molecule has 0 aliphatic heterocycles. The molecular weight excluding hydrogens is 436 g/mol. The number of unbranched alkanes of at least 4 members (excludes halogenated alkanes) is 4. The summed E-state index contributed by atoms with van der Waals surface area (Å²) in [6, 6.07) is 11.1. The van der Waals surface area contributed by atoms with E-state index >= 15 is 0 Å². The monoisotopic (exact) mass is 474 g/mol. The average Bonchev–Trinajstić information content (AvgIpc) is 3.29. The SMILES string of the molecule is CCCCCN(CCCCC)C(=O)[C@@H](Cc1c[nH]c2ccccc12)NC(=O)C=Cc1cccnc1. The Morgan fingerprint density at radius 1 is 1.03 bits per heavy atom. The second-order valence-electron chi connectivity index (χ2n) is 8.98. The Bertz CT molecular complexity index is 1080. The zero-order valence-electron chi connectivity index (χ0n) is 21.0. The van der Waals surface area contributed by atoms with Gasteiger partial charge in [0.05, 0.1) is 0 Å². The molecule has 3 aromatic rings. The van der Waals surface area contributed by atoms with Crippen LogP contribution in [-0.2, 0) is 16.0 Å². The van der Waals surface area contributed by atoms with Crippen LogP contribution in [0, 0.1) is 0 Å². The lowest BCUT2D eigenvalue weighted by Crippen LogP contribution is -2.50. The number of hydrogen-bond donors (Lipinski definition) is 2. The van der Waals surface area contributed by atoms with Crippen LogP contribution in [0.5, 0.6) is 0 Å². The highest BCUT2D eigenvalue weighted by molar-refractivity contribution is 5.96. The fourth-order valence-corrected chi connectivity index (χ4v) is 4.24. The lowest BCUT2D eigenvalue weighted by atomic mass is 10.0. The molecule has 2 amide bonds. The van der Waals surface area contributed by atoms with Gasteiger partial charge in [-0.25, -0.2) is 0 Å². The smallest absolute Gasteiger partial charge is 0.245 e. The number of fused-ring (bicyclic) bond motifs is 1. The number of aromatic nitrogens is 2. The molecule has 0 spiro atoms. The number of carbonyl (C=O) groups is 2. The minimum absolute atomic E-state index is 0.00869. The maximum atomic E-state index is 13.8. The van der Waals surface area contributed by atoms with E-state index in [0.29, 0.717) is 6.42 Å². The third-order valence-corrected chi connectivity index (χ3v) is 6.20. The number of benzene rings is 1. The molecule has 0 radical (unpaired) electrons. The largest absolute Gasteiger partial charge is 0.361 e. The Kier molecular flexibility index (Phi) is 10.6. The lowest BCUT2D eigenvalue weighted by Gasteiger charge is -2.28. The van der Waals surface area contributed by atoms with E-state index in [1.54, 1.807) is 18.5 Å². The molecule has 2 N–H and O–H groups in total. The lowest BCUT2D eigenvalue weighted by molar-refractivity contribution is -0.135. The van der Waals surface area contributed by atoms with Crippen LogP contribution in [0.3, 0.4) is 0 Å². The van der Waals surface area contributed by atoms with E-state index in [1.165, 1.54) is 6.08 Å². The maximum absolute atomic E-state index is 13.8. The van der Waals surface area contributed by atoms with Crippen LogP contribution in [0.15, 0.2) is 61.1 Å². The summed E-state index contributed by atoms with van der Waals surface area (Å²) in [7, 11) is 0. The second-order valence-corrected chi connectivity index (χ2v) is 8.98. The quantitative estimate of drug-likeness (QED) is 0.239. The molecule has 2 aromatic heterocycles. The van der Waals surface area contributed by atoms with Crippen molar-refractivity contribution in [3.05, 3.63) is 72.2 Å². The number of H-pyrrole nitrogens is 1. The van der Waals surface area contributed by atoms with E-state index < -0.39 is 6.04 Å². The first kappa shape index (κ1) is 26.2. The molecule has 0 saturated carbocycles. The Hall–Kier alpha value is -3.41. The molecule has 0 saturated heterocycles. The number of nitrogens with zero attached hydrogens (tertiary/aromatic N) is 2. The Balaban J connectivity index is 1.80. The van der Waals surface area contributed by atoms with Crippen molar-refractivity contribution in [1.82, 2.24) is 20.2 Å². The van der Waals surface area contributed by atoms with Crippen LogP contribution in [0.2, 0.25) is 0 Å². The van der Waals surface area contributed by atoms with E-state index in [0.717, 1.165) is 73.6 Å². The minimum atomic E-state index is -0.636. The van der Waals surface area contributed by atoms with Gasteiger partial charge in [-0.3, -0.25) is 14.6 Å². The summed E-state index contributed by atoms with van der Waals surface area (Å²) in [6.07, 6.45) is 15.3. The van der Waals surface area contributed by atoms with Gasteiger partial charge in [0.15, 0.2) is 0 Å². The molecule has 35 heavy (non-hydrogen) atoms. The van der Waals surface area contributed by atoms with Gasteiger partial charge in [0.25, 0.3) is 0 Å². The Labute approximate surface area is 208 Å². The van der Waals surface area contributed by atoms with Crippen molar-refractivity contribution in [1.29, 1.82) is 0 Å². The van der Waals surface area contributed by atoms with Crippen molar-refractivity contribution in [2.45, 2.75) is 64.8 Å². The summed E-state index contributed by atoms with van der Waals surface area (Å²) in [5.41, 5.74) is 2.89. The van der Waals surface area contributed by atoms with Crippen LogP contribution in [0.1, 0.15) is 63.5 Å². The molecule has 1 aromatic carbocycles. The van der Waals surface area contributed by atoms with Crippen molar-refractivity contribution in [2.75, 3.05) is 13.1 Å². The summed E-state index contributed by atoms with van der Waals surface area (Å²) in [5.74, 6) is -0.292. The average molecular weight is 475 g/mol. The maximum Gasteiger partial charge on any atom is 0.245 e. The fourth-order valence-electron chi connectivity index (χ4n) is 4.24. The van der Waals surface area contributed by atoms with Crippen molar-refractivity contribution < 1.29 is 9.59 Å². The molecule has 0 aliphatic carbocycles. The number of nitrogens with one attached hydrogen (secondary N) is 2. The van der Waals surface area contributed by atoms with Gasteiger partial charge in [-0.2, -0.15) is 0 Å². The number of para-hydroxylation sites is 1. The summed E-state index contributed by atoms with van der Waals surface area (Å²) in [5, 5.41) is 4.08. The molecule has 6 nitrogen and oxygen atoms in total. The molecule has 1 atom stereocenters. The van der Waals surface area contributed by atoms with Gasteiger partial charge in [-0.15, -0.1) is 0 Å². The van der Waals surface area contributed by atoms with Crippen LogP contribution in [0.4, 0.5) is 0 Å². The normalized spacial score (nSPS) is 12.2. The number of carbonyl (C=O) groups excluding carboxylic acids is 2. The van der Waals surface area contributed by atoms with Crippen molar-refractivity contribution in [3.8, 4) is 0 Å². The van der Waals surface area contributed by atoms with Gasteiger partial charge in [0.2, 0.25) is 11.8 Å². The Morgan fingerprint density at radius 3 is 2.46 bits per heavy atom. The van der Waals surface area contributed by atoms with Crippen molar-refractivity contribution >= 4 is 28.8 Å². The predicted molar refractivity (Wildman–Crippen MR) is 143 cm³/mol. The summed E-state index contributed by atoms with van der Waals surface area (Å²) in [4.78, 5) is 36.0. The number of aromatic amines is 1. The van der Waals surface area contributed by atoms with Gasteiger partial charge in [0.1, 0.15) is 6.04 Å². The zero-order valence-corrected chi connectivity index (χ0v) is 21.0. The van der Waals surface area contributed by atoms with Gasteiger partial charge < -0.3 is 15.2 Å². The zero-order chi connectivity index (χ0) is 24.9. The Morgan fingerprint density at radius 2 is 1.77 bits per heavy atom. The molecular formula is C29H38N4O2. The number of pyridine rings is 1. The number of hydrogen-bond acceptors (Lipinski definition) is 3. The molecule has 0 fully saturated rings. The summed E-state index contributed by atoms with van der Waals surface area (Å²) in [6.45, 7) is 5.78. The molecule has 0 aliphatic rings. The molecule has 2 heterocycles. The van der Waals surface area contributed by atoms with Crippen LogP contribution in [0.25, 0.3) is 17.0 Å². The molecule has 3 rings (SSSR count). The standard InChI is InChI=1S/C29H38N4O2/c1-3-5-9-18-33(19-10-6-4-2)29(35)27(20-24-22-31-26-14-8-7-13-25(24)26)32-28(34)16-15-23-12-11-17-30-21-23/h7-8,11-17,21-22,27,31H,3-6,9-10,18-20H2,1-2H3,(H,32,34)/t27-/m1/s1. The minimum Gasteiger partial charge on any atom is -0.361 e. The van der Waals surface area contributed by atoms with Gasteiger partial charge >= 0.3 is 0 Å².